The number of halogens is 1. The molecule has 1 nitrogen and oxygen atoms in total. The Balaban J connectivity index is 0. The van der Waals surface area contributed by atoms with Crippen LogP contribution in [-0.2, 0) is 0 Å². The first-order chi connectivity index (χ1) is 6.68. The van der Waals surface area contributed by atoms with E-state index < -0.39 is 0 Å². The number of quaternary nitrogens is 1. The van der Waals surface area contributed by atoms with Gasteiger partial charge in [0.05, 0.1) is 26.7 Å². The highest BCUT2D eigenvalue weighted by Crippen LogP contribution is 1.97. The van der Waals surface area contributed by atoms with Crippen LogP contribution in [0.1, 0.15) is 20.8 Å². The minimum Gasteiger partial charge on any atom is -1.00 e. The van der Waals surface area contributed by atoms with Gasteiger partial charge < -0.3 is 16.9 Å². The highest BCUT2D eigenvalue weighted by atomic mass is 35.5. The molecule has 0 heterocycles. The molecule has 0 bridgehead atoms. The molecular weight excluding hydrogens is 206 g/mol. The fourth-order valence-electron chi connectivity index (χ4n) is 1.06. The van der Waals surface area contributed by atoms with Crippen LogP contribution < -0.4 is 12.4 Å². The van der Waals surface area contributed by atoms with Crippen molar-refractivity contribution in [2.75, 3.05) is 26.7 Å². The number of hydrogen-bond donors (Lipinski definition) is 0. The van der Waals surface area contributed by atoms with Crippen molar-refractivity contribution in [1.82, 2.24) is 0 Å². The van der Waals surface area contributed by atoms with Crippen molar-refractivity contribution in [3.63, 3.8) is 0 Å². The first-order valence-electron chi connectivity index (χ1n) is 5.52. The Kier molecular flexibility index (Phi) is 11.3. The number of rotatable bonds is 3. The van der Waals surface area contributed by atoms with Gasteiger partial charge in [0.2, 0.25) is 0 Å². The van der Waals surface area contributed by atoms with Gasteiger partial charge in [-0.3, -0.25) is 0 Å². The minimum atomic E-state index is 0. The van der Waals surface area contributed by atoms with Crippen LogP contribution in [0.5, 0.6) is 0 Å². The summed E-state index contributed by atoms with van der Waals surface area (Å²) in [7, 11) is 2.29. The largest absolute Gasteiger partial charge is 1.00 e. The average molecular weight is 230 g/mol. The van der Waals surface area contributed by atoms with E-state index >= 15 is 0 Å². The summed E-state index contributed by atoms with van der Waals surface area (Å²) in [5.41, 5.74) is 0. The molecule has 0 unspecified atom stereocenters. The van der Waals surface area contributed by atoms with Crippen molar-refractivity contribution in [2.24, 2.45) is 0 Å². The van der Waals surface area contributed by atoms with Crippen LogP contribution in [0.4, 0.5) is 0 Å². The molecule has 0 aliphatic heterocycles. The van der Waals surface area contributed by atoms with Crippen LogP contribution >= 0.6 is 0 Å². The molecule has 1 aromatic rings. The standard InChI is InChI=1S/C7H18N.C6H6.ClH/c1-5-8(4,6-2)7-3;1-2-4-6-5-3-1;/h5-7H2,1-4H3;1-6H;1H/q+1;;/p-1. The van der Waals surface area contributed by atoms with E-state index in [1.165, 1.54) is 24.1 Å². The van der Waals surface area contributed by atoms with Gasteiger partial charge in [0, 0.05) is 0 Å². The maximum absolute atomic E-state index is 2.29. The van der Waals surface area contributed by atoms with Crippen LogP contribution in [0.15, 0.2) is 36.4 Å². The lowest BCUT2D eigenvalue weighted by molar-refractivity contribution is -0.904. The Morgan fingerprint density at radius 2 is 0.867 bits per heavy atom. The molecule has 0 aliphatic rings. The summed E-state index contributed by atoms with van der Waals surface area (Å²) < 4.78 is 1.21. The zero-order chi connectivity index (χ0) is 10.9. The summed E-state index contributed by atoms with van der Waals surface area (Å²) in [5, 5.41) is 0. The SMILES string of the molecule is CC[N+](C)(CC)CC.[Cl-].c1ccccc1. The Morgan fingerprint density at radius 1 is 0.667 bits per heavy atom. The monoisotopic (exact) mass is 229 g/mol. The summed E-state index contributed by atoms with van der Waals surface area (Å²) in [6.07, 6.45) is 0. The third-order valence-corrected chi connectivity index (χ3v) is 2.96. The third-order valence-electron chi connectivity index (χ3n) is 2.96. The lowest BCUT2D eigenvalue weighted by Gasteiger charge is -2.30. The van der Waals surface area contributed by atoms with Crippen LogP contribution in [0.2, 0.25) is 0 Å². The zero-order valence-electron chi connectivity index (χ0n) is 10.4. The molecule has 0 aliphatic carbocycles. The summed E-state index contributed by atoms with van der Waals surface area (Å²) in [5.74, 6) is 0. The second-order valence-electron chi connectivity index (χ2n) is 3.72. The molecule has 0 atom stereocenters. The Bertz CT molecular complexity index is 172. The molecule has 0 spiro atoms. The van der Waals surface area contributed by atoms with E-state index in [4.69, 9.17) is 0 Å². The molecule has 15 heavy (non-hydrogen) atoms. The second-order valence-corrected chi connectivity index (χ2v) is 3.72. The first kappa shape index (κ1) is 16.9. The van der Waals surface area contributed by atoms with Gasteiger partial charge in [0.15, 0.2) is 0 Å². The van der Waals surface area contributed by atoms with Crippen molar-refractivity contribution in [3.05, 3.63) is 36.4 Å². The normalized spacial score (nSPS) is 9.60. The molecule has 2 heteroatoms. The number of hydrogen-bond acceptors (Lipinski definition) is 0. The van der Waals surface area contributed by atoms with E-state index in [0.717, 1.165) is 0 Å². The van der Waals surface area contributed by atoms with Crippen molar-refractivity contribution < 1.29 is 16.9 Å². The molecule has 0 fully saturated rings. The molecule has 1 rings (SSSR count). The van der Waals surface area contributed by atoms with E-state index in [1.807, 2.05) is 36.4 Å². The van der Waals surface area contributed by atoms with E-state index in [0.29, 0.717) is 0 Å². The maximum Gasteiger partial charge on any atom is 0.0755 e. The molecule has 0 aromatic heterocycles. The fourth-order valence-corrected chi connectivity index (χ4v) is 1.06. The molecule has 0 radical (unpaired) electrons. The van der Waals surface area contributed by atoms with Crippen LogP contribution in [0, 0.1) is 0 Å². The molecular formula is C13H24ClN. The Morgan fingerprint density at radius 3 is 0.933 bits per heavy atom. The summed E-state index contributed by atoms with van der Waals surface area (Å²) >= 11 is 0. The van der Waals surface area contributed by atoms with E-state index in [2.05, 4.69) is 27.8 Å². The van der Waals surface area contributed by atoms with Gasteiger partial charge >= 0.3 is 0 Å². The minimum absolute atomic E-state index is 0. The summed E-state index contributed by atoms with van der Waals surface area (Å²) in [6.45, 7) is 10.5. The van der Waals surface area contributed by atoms with Gasteiger partial charge in [-0.2, -0.15) is 0 Å². The van der Waals surface area contributed by atoms with Gasteiger partial charge in [-0.15, -0.1) is 0 Å². The lowest BCUT2D eigenvalue weighted by atomic mass is 10.4. The highest BCUT2D eigenvalue weighted by Gasteiger charge is 2.10. The molecule has 0 saturated carbocycles. The third kappa shape index (κ3) is 8.46. The smallest absolute Gasteiger partial charge is 0.0755 e. The highest BCUT2D eigenvalue weighted by molar-refractivity contribution is 4.99. The molecule has 0 N–H and O–H groups in total. The van der Waals surface area contributed by atoms with E-state index in [9.17, 15) is 0 Å². The van der Waals surface area contributed by atoms with Crippen molar-refractivity contribution in [2.45, 2.75) is 20.8 Å². The van der Waals surface area contributed by atoms with Crippen molar-refractivity contribution in [3.8, 4) is 0 Å². The van der Waals surface area contributed by atoms with Gasteiger partial charge in [-0.1, -0.05) is 36.4 Å². The van der Waals surface area contributed by atoms with Gasteiger partial charge in [0.25, 0.3) is 0 Å². The summed E-state index contributed by atoms with van der Waals surface area (Å²) in [6, 6.07) is 12.0. The first-order valence-corrected chi connectivity index (χ1v) is 5.52. The second kappa shape index (κ2) is 10.0. The fraction of sp³-hybridized carbons (Fsp3) is 0.538. The van der Waals surface area contributed by atoms with E-state index in [-0.39, 0.29) is 12.4 Å². The molecule has 88 valence electrons. The van der Waals surface area contributed by atoms with Crippen molar-refractivity contribution >= 4 is 0 Å². The molecule has 1 aromatic carbocycles. The van der Waals surface area contributed by atoms with Crippen molar-refractivity contribution in [1.29, 1.82) is 0 Å². The molecule has 0 amide bonds. The Hall–Kier alpha value is -0.530. The topological polar surface area (TPSA) is 0 Å². The average Bonchev–Trinajstić information content (AvgIpc) is 2.31. The number of benzene rings is 1. The van der Waals surface area contributed by atoms with Crippen LogP contribution in [0.3, 0.4) is 0 Å². The quantitative estimate of drug-likeness (QED) is 0.649. The lowest BCUT2D eigenvalue weighted by Crippen LogP contribution is -3.00. The number of nitrogens with zero attached hydrogens (tertiary/aromatic N) is 1. The van der Waals surface area contributed by atoms with Gasteiger partial charge in [-0.05, 0) is 20.8 Å². The predicted molar refractivity (Wildman–Crippen MR) is 64.2 cm³/mol. The molecule has 0 saturated heterocycles. The Labute approximate surface area is 101 Å². The van der Waals surface area contributed by atoms with E-state index in [1.54, 1.807) is 0 Å². The van der Waals surface area contributed by atoms with Gasteiger partial charge in [-0.25, -0.2) is 0 Å². The van der Waals surface area contributed by atoms with Gasteiger partial charge in [0.1, 0.15) is 0 Å². The summed E-state index contributed by atoms with van der Waals surface area (Å²) in [4.78, 5) is 0. The zero-order valence-corrected chi connectivity index (χ0v) is 11.2. The van der Waals surface area contributed by atoms with Crippen LogP contribution in [0.25, 0.3) is 0 Å². The predicted octanol–water partition coefficient (Wildman–Crippen LogP) is 0.183. The maximum atomic E-state index is 2.29. The van der Waals surface area contributed by atoms with Crippen LogP contribution in [-0.4, -0.2) is 31.2 Å².